The summed E-state index contributed by atoms with van der Waals surface area (Å²) < 4.78 is 5.34. The van der Waals surface area contributed by atoms with Crippen LogP contribution in [0.1, 0.15) is 20.8 Å². The van der Waals surface area contributed by atoms with Crippen LogP contribution in [-0.2, 0) is 4.79 Å². The Morgan fingerprint density at radius 3 is 2.58 bits per heavy atom. The van der Waals surface area contributed by atoms with Crippen LogP contribution in [0.25, 0.3) is 0 Å². The Balaban J connectivity index is 1.92. The molecule has 0 aliphatic rings. The van der Waals surface area contributed by atoms with Gasteiger partial charge in [0.1, 0.15) is 17.8 Å². The Morgan fingerprint density at radius 2 is 1.92 bits per heavy atom. The zero-order valence-corrected chi connectivity index (χ0v) is 16.1. The summed E-state index contributed by atoms with van der Waals surface area (Å²) in [4.78, 5) is 20.0. The molecular weight excluding hydrogens is 379 g/mol. The van der Waals surface area contributed by atoms with Gasteiger partial charge in [0.15, 0.2) is 18.2 Å². The first-order valence-corrected chi connectivity index (χ1v) is 8.42. The third-order valence-corrected chi connectivity index (χ3v) is 3.48. The van der Waals surface area contributed by atoms with Crippen molar-refractivity contribution >= 4 is 46.4 Å². The molecule has 0 fully saturated rings. The molecule has 1 aromatic heterocycles. The molecule has 0 saturated carbocycles. The van der Waals surface area contributed by atoms with Crippen molar-refractivity contribution in [1.29, 1.82) is 0 Å². The van der Waals surface area contributed by atoms with Crippen LogP contribution >= 0.6 is 23.2 Å². The van der Waals surface area contributed by atoms with Gasteiger partial charge >= 0.3 is 0 Å². The number of anilines is 3. The number of aromatic nitrogens is 2. The molecule has 0 aliphatic carbocycles. The van der Waals surface area contributed by atoms with E-state index in [4.69, 9.17) is 33.7 Å². The van der Waals surface area contributed by atoms with Crippen LogP contribution < -0.4 is 26.6 Å². The van der Waals surface area contributed by atoms with E-state index in [-0.39, 0.29) is 23.7 Å². The molecule has 0 aliphatic heterocycles. The molecule has 0 bridgehead atoms. The molecule has 1 aromatic carbocycles. The number of carbonyl (C=O) groups excluding carboxylic acids is 1. The van der Waals surface area contributed by atoms with Gasteiger partial charge in [-0.25, -0.2) is 9.97 Å². The van der Waals surface area contributed by atoms with Crippen molar-refractivity contribution in [3.8, 4) is 5.75 Å². The van der Waals surface area contributed by atoms with E-state index < -0.39 is 5.91 Å². The van der Waals surface area contributed by atoms with Gasteiger partial charge in [0.2, 0.25) is 0 Å². The molecule has 2 aromatic rings. The van der Waals surface area contributed by atoms with Gasteiger partial charge in [0.05, 0.1) is 5.02 Å². The van der Waals surface area contributed by atoms with Crippen molar-refractivity contribution in [2.45, 2.75) is 26.3 Å². The van der Waals surface area contributed by atoms with Crippen LogP contribution in [-0.4, -0.2) is 28.0 Å². The molecule has 140 valence electrons. The quantitative estimate of drug-likeness (QED) is 0.552. The molecule has 5 N–H and O–H groups in total. The Labute approximate surface area is 161 Å². The minimum atomic E-state index is -0.445. The number of nitrogens with one attached hydrogen (secondary N) is 3. The lowest BCUT2D eigenvalue weighted by Crippen LogP contribution is -2.34. The highest BCUT2D eigenvalue weighted by atomic mass is 35.5. The molecular formula is C16H20Cl2N6O2. The first-order chi connectivity index (χ1) is 12.2. The van der Waals surface area contributed by atoms with Gasteiger partial charge < -0.3 is 15.8 Å². The number of hydrazine groups is 1. The molecule has 0 radical (unpaired) electrons. The average Bonchev–Trinajstić information content (AvgIpc) is 2.53. The van der Waals surface area contributed by atoms with Crippen LogP contribution in [0.5, 0.6) is 5.75 Å². The van der Waals surface area contributed by atoms with Gasteiger partial charge in [0, 0.05) is 10.6 Å². The lowest BCUT2D eigenvalue weighted by molar-refractivity contribution is -0.122. The highest BCUT2D eigenvalue weighted by molar-refractivity contribution is 6.35. The van der Waals surface area contributed by atoms with Gasteiger partial charge in [-0.2, -0.15) is 0 Å². The fourth-order valence-electron chi connectivity index (χ4n) is 1.85. The fourth-order valence-corrected chi connectivity index (χ4v) is 2.31. The monoisotopic (exact) mass is 398 g/mol. The lowest BCUT2D eigenvalue weighted by atomic mass is 10.1. The molecule has 1 heterocycles. The standard InChI is InChI=1S/C16H20Cl2N6O2/c1-16(2,3)22-14-13(19)15(21-8-20-14)24-23-12(25)7-26-11-5-4-9(17)6-10(11)18/h4-6,8H,7,19H2,1-3H3,(H,23,25)(H2,20,21,22,24). The SMILES string of the molecule is CC(C)(C)Nc1ncnc(NNC(=O)COc2ccc(Cl)cc2Cl)c1N. The summed E-state index contributed by atoms with van der Waals surface area (Å²) in [7, 11) is 0. The van der Waals surface area contributed by atoms with Gasteiger partial charge in [-0.1, -0.05) is 23.2 Å². The number of benzene rings is 1. The van der Waals surface area contributed by atoms with Gasteiger partial charge in [0.25, 0.3) is 5.91 Å². The van der Waals surface area contributed by atoms with E-state index in [0.717, 1.165) is 0 Å². The molecule has 0 atom stereocenters. The number of amides is 1. The predicted octanol–water partition coefficient (Wildman–Crippen LogP) is 3.10. The number of nitrogens with two attached hydrogens (primary N) is 1. The van der Waals surface area contributed by atoms with Crippen molar-refractivity contribution in [1.82, 2.24) is 15.4 Å². The number of hydrogen-bond acceptors (Lipinski definition) is 7. The molecule has 0 saturated heterocycles. The van der Waals surface area contributed by atoms with Crippen LogP contribution in [0.3, 0.4) is 0 Å². The Hall–Kier alpha value is -2.45. The van der Waals surface area contributed by atoms with E-state index in [1.807, 2.05) is 20.8 Å². The number of carbonyl (C=O) groups is 1. The third kappa shape index (κ3) is 5.82. The molecule has 8 nitrogen and oxygen atoms in total. The van der Waals surface area contributed by atoms with Crippen molar-refractivity contribution in [2.75, 3.05) is 23.1 Å². The van der Waals surface area contributed by atoms with Gasteiger partial charge in [-0.3, -0.25) is 15.6 Å². The first-order valence-electron chi connectivity index (χ1n) is 7.67. The number of hydrogen-bond donors (Lipinski definition) is 4. The maximum Gasteiger partial charge on any atom is 0.276 e. The average molecular weight is 399 g/mol. The minimum Gasteiger partial charge on any atom is -0.482 e. The molecule has 0 unspecified atom stereocenters. The number of nitrogens with zero attached hydrogens (tertiary/aromatic N) is 2. The lowest BCUT2D eigenvalue weighted by Gasteiger charge is -2.22. The summed E-state index contributed by atoms with van der Waals surface area (Å²) in [5, 5.41) is 3.95. The number of ether oxygens (including phenoxy) is 1. The summed E-state index contributed by atoms with van der Waals surface area (Å²) in [6, 6.07) is 4.72. The molecule has 26 heavy (non-hydrogen) atoms. The second kappa shape index (κ2) is 8.29. The molecule has 2 rings (SSSR count). The zero-order chi connectivity index (χ0) is 19.3. The highest BCUT2D eigenvalue weighted by Gasteiger charge is 2.15. The molecule has 0 spiro atoms. The number of halogens is 2. The van der Waals surface area contributed by atoms with E-state index in [0.29, 0.717) is 21.6 Å². The highest BCUT2D eigenvalue weighted by Crippen LogP contribution is 2.27. The van der Waals surface area contributed by atoms with Gasteiger partial charge in [-0.05, 0) is 39.0 Å². The van der Waals surface area contributed by atoms with Crippen molar-refractivity contribution in [2.24, 2.45) is 0 Å². The summed E-state index contributed by atoms with van der Waals surface area (Å²) in [5.74, 6) is 0.641. The van der Waals surface area contributed by atoms with Crippen LogP contribution in [0.2, 0.25) is 10.0 Å². The second-order valence-electron chi connectivity index (χ2n) is 6.40. The smallest absolute Gasteiger partial charge is 0.276 e. The minimum absolute atomic E-state index is 0.228. The van der Waals surface area contributed by atoms with E-state index in [1.165, 1.54) is 12.4 Å². The van der Waals surface area contributed by atoms with E-state index in [9.17, 15) is 4.79 Å². The van der Waals surface area contributed by atoms with E-state index >= 15 is 0 Å². The summed E-state index contributed by atoms with van der Waals surface area (Å²) in [6.45, 7) is 5.67. The van der Waals surface area contributed by atoms with Crippen LogP contribution in [0.15, 0.2) is 24.5 Å². The summed E-state index contributed by atoms with van der Waals surface area (Å²) in [5.41, 5.74) is 11.2. The van der Waals surface area contributed by atoms with Gasteiger partial charge in [-0.15, -0.1) is 0 Å². The fraction of sp³-hybridized carbons (Fsp3) is 0.312. The largest absolute Gasteiger partial charge is 0.482 e. The second-order valence-corrected chi connectivity index (χ2v) is 7.24. The summed E-state index contributed by atoms with van der Waals surface area (Å²) >= 11 is 11.8. The predicted molar refractivity (Wildman–Crippen MR) is 104 cm³/mol. The van der Waals surface area contributed by atoms with Crippen LogP contribution in [0.4, 0.5) is 17.3 Å². The van der Waals surface area contributed by atoms with Crippen molar-refractivity contribution < 1.29 is 9.53 Å². The zero-order valence-electron chi connectivity index (χ0n) is 14.6. The number of rotatable bonds is 6. The van der Waals surface area contributed by atoms with Crippen LogP contribution in [0, 0.1) is 0 Å². The summed E-state index contributed by atoms with van der Waals surface area (Å²) in [6.07, 6.45) is 1.34. The van der Waals surface area contributed by atoms with Crippen molar-refractivity contribution in [3.63, 3.8) is 0 Å². The number of nitrogen functional groups attached to an aromatic ring is 1. The van der Waals surface area contributed by atoms with E-state index in [2.05, 4.69) is 26.1 Å². The topological polar surface area (TPSA) is 114 Å². The Kier molecular flexibility index (Phi) is 6.33. The third-order valence-electron chi connectivity index (χ3n) is 2.95. The Bertz CT molecular complexity index is 795. The Morgan fingerprint density at radius 1 is 1.23 bits per heavy atom. The normalized spacial score (nSPS) is 11.0. The molecule has 10 heteroatoms. The van der Waals surface area contributed by atoms with E-state index in [1.54, 1.807) is 12.1 Å². The van der Waals surface area contributed by atoms with Crippen molar-refractivity contribution in [3.05, 3.63) is 34.6 Å². The molecule has 1 amide bonds. The first kappa shape index (κ1) is 19.9. The maximum atomic E-state index is 11.9. The maximum absolute atomic E-state index is 11.9.